The molecule has 0 fully saturated rings. The van der Waals surface area contributed by atoms with Crippen LogP contribution in [0.3, 0.4) is 0 Å². The van der Waals surface area contributed by atoms with E-state index in [0.717, 1.165) is 0 Å². The van der Waals surface area contributed by atoms with E-state index in [2.05, 4.69) is 125 Å². The molecular formula is C31H30Ti. The van der Waals surface area contributed by atoms with Gasteiger partial charge in [-0.05, 0) is 0 Å². The number of fused-ring (bicyclic) bond motifs is 1. The summed E-state index contributed by atoms with van der Waals surface area (Å²) in [5.74, 6) is 0.522. The first kappa shape index (κ1) is 21.3. The van der Waals surface area contributed by atoms with Crippen LogP contribution < -0.4 is 0 Å². The zero-order valence-corrected chi connectivity index (χ0v) is 21.0. The average molecular weight is 450 g/mol. The summed E-state index contributed by atoms with van der Waals surface area (Å²) < 4.78 is 3.84. The maximum atomic E-state index is 2.52. The van der Waals surface area contributed by atoms with Gasteiger partial charge >= 0.3 is 199 Å². The summed E-state index contributed by atoms with van der Waals surface area (Å²) in [7, 11) is 0. The molecule has 0 aromatic heterocycles. The van der Waals surface area contributed by atoms with Gasteiger partial charge in [-0.1, -0.05) is 0 Å². The van der Waals surface area contributed by atoms with Crippen molar-refractivity contribution in [1.29, 1.82) is 0 Å². The molecule has 0 saturated carbocycles. The van der Waals surface area contributed by atoms with Crippen molar-refractivity contribution in [3.05, 3.63) is 134 Å². The van der Waals surface area contributed by atoms with Crippen LogP contribution in [0.25, 0.3) is 6.08 Å². The molecule has 0 N–H and O–H groups in total. The van der Waals surface area contributed by atoms with Crippen molar-refractivity contribution < 1.29 is 17.4 Å². The minimum absolute atomic E-state index is 0.493. The van der Waals surface area contributed by atoms with E-state index in [-0.39, 0.29) is 0 Å². The van der Waals surface area contributed by atoms with Gasteiger partial charge in [0.25, 0.3) is 0 Å². The van der Waals surface area contributed by atoms with E-state index >= 15 is 0 Å². The van der Waals surface area contributed by atoms with E-state index in [4.69, 9.17) is 0 Å². The number of rotatable bonds is 4. The van der Waals surface area contributed by atoms with Gasteiger partial charge in [-0.3, -0.25) is 0 Å². The van der Waals surface area contributed by atoms with Gasteiger partial charge in [-0.2, -0.15) is 0 Å². The number of benzene rings is 3. The third-order valence-corrected chi connectivity index (χ3v) is 13.1. The Kier molecular flexibility index (Phi) is 5.85. The van der Waals surface area contributed by atoms with Gasteiger partial charge < -0.3 is 0 Å². The SMILES string of the molecule is CC1=C(C)C(C)[C]([Ti](=[C](c2ccccc2)c2ccccc2)[CH]2C=Cc3ccccc32)=C1C. The van der Waals surface area contributed by atoms with Crippen LogP contribution in [0.1, 0.15) is 54.2 Å². The van der Waals surface area contributed by atoms with Crippen LogP contribution in [0.15, 0.2) is 112 Å². The van der Waals surface area contributed by atoms with Crippen molar-refractivity contribution >= 4 is 9.89 Å². The summed E-state index contributed by atoms with van der Waals surface area (Å²) in [5, 5.41) is 0. The van der Waals surface area contributed by atoms with E-state index < -0.39 is 17.4 Å². The Morgan fingerprint density at radius 1 is 0.688 bits per heavy atom. The molecular weight excluding hydrogens is 420 g/mol. The number of hydrogen-bond acceptors (Lipinski definition) is 0. The summed E-state index contributed by atoms with van der Waals surface area (Å²) in [6, 6.07) is 31.4. The van der Waals surface area contributed by atoms with Gasteiger partial charge in [0.15, 0.2) is 0 Å². The van der Waals surface area contributed by atoms with E-state index in [1.165, 1.54) is 27.8 Å². The maximum absolute atomic E-state index is 2.52. The van der Waals surface area contributed by atoms with Crippen molar-refractivity contribution in [2.24, 2.45) is 5.92 Å². The molecule has 0 amide bonds. The molecule has 2 aliphatic rings. The van der Waals surface area contributed by atoms with Gasteiger partial charge in [0.2, 0.25) is 0 Å². The topological polar surface area (TPSA) is 0 Å². The molecule has 0 bridgehead atoms. The summed E-state index contributed by atoms with van der Waals surface area (Å²) in [6.07, 6.45) is 4.88. The normalized spacial score (nSPS) is 19.5. The molecule has 5 rings (SSSR count). The van der Waals surface area contributed by atoms with Crippen LogP contribution in [0, 0.1) is 5.92 Å². The summed E-state index contributed by atoms with van der Waals surface area (Å²) in [4.78, 5) is 0. The first-order chi connectivity index (χ1) is 15.6. The van der Waals surface area contributed by atoms with Gasteiger partial charge in [-0.15, -0.1) is 0 Å². The molecule has 3 aromatic rings. The predicted octanol–water partition coefficient (Wildman–Crippen LogP) is 7.90. The molecule has 1 heteroatoms. The molecule has 0 spiro atoms. The minimum atomic E-state index is -2.06. The predicted molar refractivity (Wildman–Crippen MR) is 135 cm³/mol. The molecule has 0 radical (unpaired) electrons. The second-order valence-electron chi connectivity index (χ2n) is 9.05. The molecule has 0 aliphatic heterocycles. The van der Waals surface area contributed by atoms with E-state index in [1.807, 2.05) is 0 Å². The number of allylic oxidation sites excluding steroid dienone is 5. The van der Waals surface area contributed by atoms with Crippen LogP contribution in [0.2, 0.25) is 0 Å². The zero-order chi connectivity index (χ0) is 22.2. The fraction of sp³-hybridized carbons (Fsp3) is 0.194. The van der Waals surface area contributed by atoms with Gasteiger partial charge in [0, 0.05) is 0 Å². The molecule has 0 nitrogen and oxygen atoms in total. The molecule has 0 heterocycles. The Bertz CT molecular complexity index is 1250. The fourth-order valence-corrected chi connectivity index (χ4v) is 11.7. The van der Waals surface area contributed by atoms with E-state index in [0.29, 0.717) is 10.1 Å². The van der Waals surface area contributed by atoms with Crippen molar-refractivity contribution in [2.75, 3.05) is 0 Å². The Balaban J connectivity index is 1.87. The molecule has 2 unspecified atom stereocenters. The standard InChI is InChI=1S/C13H10.C9H7.C9H13.Ti/c1-3-7-12(8-4-1)11-13-9-5-2-6-10-13;1-2-5-9-7-3-6-8(9)4-1;1-6-5-7(2)9(4)8(6)3;/h1-10H;1-7H;6H,1-4H3;. The molecule has 3 aromatic carbocycles. The van der Waals surface area contributed by atoms with E-state index in [1.54, 1.807) is 18.8 Å². The number of hydrogen-bond donors (Lipinski definition) is 0. The third-order valence-electron chi connectivity index (χ3n) is 7.44. The molecule has 32 heavy (non-hydrogen) atoms. The van der Waals surface area contributed by atoms with Gasteiger partial charge in [-0.25, -0.2) is 0 Å². The average Bonchev–Trinajstić information content (AvgIpc) is 3.34. The molecule has 2 atom stereocenters. The van der Waals surface area contributed by atoms with Crippen LogP contribution in [0.5, 0.6) is 0 Å². The van der Waals surface area contributed by atoms with Crippen LogP contribution in [-0.4, -0.2) is 3.81 Å². The first-order valence-corrected chi connectivity index (χ1v) is 14.0. The zero-order valence-electron chi connectivity index (χ0n) is 19.4. The summed E-state index contributed by atoms with van der Waals surface area (Å²) in [6.45, 7) is 9.49. The van der Waals surface area contributed by atoms with Crippen LogP contribution in [0.4, 0.5) is 0 Å². The van der Waals surface area contributed by atoms with Crippen molar-refractivity contribution in [3.8, 4) is 0 Å². The van der Waals surface area contributed by atoms with Crippen molar-refractivity contribution in [3.63, 3.8) is 0 Å². The molecule has 2 aliphatic carbocycles. The van der Waals surface area contributed by atoms with Crippen molar-refractivity contribution in [1.82, 2.24) is 0 Å². The van der Waals surface area contributed by atoms with E-state index in [9.17, 15) is 0 Å². The van der Waals surface area contributed by atoms with Gasteiger partial charge in [0.05, 0.1) is 0 Å². The second-order valence-corrected chi connectivity index (χ2v) is 12.9. The molecule has 158 valence electrons. The fourth-order valence-electron chi connectivity index (χ4n) is 5.45. The third kappa shape index (κ3) is 3.56. The molecule has 0 saturated heterocycles. The quantitative estimate of drug-likeness (QED) is 0.355. The Morgan fingerprint density at radius 2 is 1.25 bits per heavy atom. The first-order valence-electron chi connectivity index (χ1n) is 11.6. The summed E-state index contributed by atoms with van der Waals surface area (Å²) >= 11 is -2.06. The Labute approximate surface area is 198 Å². The van der Waals surface area contributed by atoms with Gasteiger partial charge in [0.1, 0.15) is 0 Å². The van der Waals surface area contributed by atoms with Crippen molar-refractivity contribution in [2.45, 2.75) is 31.9 Å². The Morgan fingerprint density at radius 3 is 1.81 bits per heavy atom. The second kappa shape index (κ2) is 8.78. The Hall–Kier alpha value is -2.54. The summed E-state index contributed by atoms with van der Waals surface area (Å²) in [5.41, 5.74) is 10.3. The monoisotopic (exact) mass is 450 g/mol. The van der Waals surface area contributed by atoms with Crippen LogP contribution in [-0.2, 0) is 17.4 Å². The van der Waals surface area contributed by atoms with Crippen LogP contribution >= 0.6 is 0 Å².